The average Bonchev–Trinajstić information content (AvgIpc) is 3.04. The molecule has 1 unspecified atom stereocenters. The van der Waals surface area contributed by atoms with E-state index >= 15 is 0 Å². The summed E-state index contributed by atoms with van der Waals surface area (Å²) in [6, 6.07) is 19.5. The molecule has 0 saturated heterocycles. The van der Waals surface area contributed by atoms with E-state index in [1.54, 1.807) is 12.1 Å². The van der Waals surface area contributed by atoms with Gasteiger partial charge in [0.25, 0.3) is 0 Å². The normalized spacial score (nSPS) is 12.4. The molecule has 4 rings (SSSR count). The van der Waals surface area contributed by atoms with Gasteiger partial charge >= 0.3 is 0 Å². The monoisotopic (exact) mass is 619 g/mol. The largest absolute Gasteiger partial charge is 0.456 e. The number of amides is 1. The van der Waals surface area contributed by atoms with E-state index in [9.17, 15) is 13.2 Å². The van der Waals surface area contributed by atoms with E-state index in [2.05, 4.69) is 71.5 Å². The van der Waals surface area contributed by atoms with Crippen molar-refractivity contribution in [2.24, 2.45) is 5.92 Å². The fourth-order valence-electron chi connectivity index (χ4n) is 5.58. The van der Waals surface area contributed by atoms with Crippen molar-refractivity contribution in [1.29, 1.82) is 0 Å². The van der Waals surface area contributed by atoms with Crippen LogP contribution >= 0.6 is 0 Å². The predicted octanol–water partition coefficient (Wildman–Crippen LogP) is 5.69. The molecule has 0 bridgehead atoms. The Labute approximate surface area is 262 Å². The molecule has 2 N–H and O–H groups in total. The topological polar surface area (TPSA) is 94.7 Å². The fraction of sp³-hybridized carbons (Fsp3) is 0.429. The van der Waals surface area contributed by atoms with Crippen LogP contribution in [0.25, 0.3) is 33.4 Å². The molecule has 9 heteroatoms. The van der Waals surface area contributed by atoms with Crippen molar-refractivity contribution in [1.82, 2.24) is 14.6 Å². The number of sulfonamides is 1. The van der Waals surface area contributed by atoms with Crippen molar-refractivity contribution >= 4 is 32.6 Å². The Hall–Kier alpha value is -3.69. The lowest BCUT2D eigenvalue weighted by atomic mass is 9.93. The summed E-state index contributed by atoms with van der Waals surface area (Å²) in [5.41, 5.74) is 4.03. The average molecular weight is 620 g/mol. The van der Waals surface area contributed by atoms with Crippen LogP contribution in [-0.2, 0) is 14.8 Å². The maximum Gasteiger partial charge on any atom is 0.241 e. The molecule has 0 saturated carbocycles. The molecule has 1 aliphatic carbocycles. The lowest BCUT2D eigenvalue weighted by Crippen LogP contribution is -2.32. The van der Waals surface area contributed by atoms with Gasteiger partial charge in [-0.05, 0) is 64.8 Å². The number of nitrogens with zero attached hydrogens (tertiary/aromatic N) is 2. The molecule has 8 nitrogen and oxygen atoms in total. The quantitative estimate of drug-likeness (QED) is 0.107. The summed E-state index contributed by atoms with van der Waals surface area (Å²) in [7, 11) is -3.87. The van der Waals surface area contributed by atoms with Gasteiger partial charge in [0.05, 0.1) is 11.0 Å². The van der Waals surface area contributed by atoms with Gasteiger partial charge in [0, 0.05) is 72.0 Å². The number of fused-ring (bicyclic) bond motifs is 2. The third-order valence-electron chi connectivity index (χ3n) is 8.40. The first kappa shape index (κ1) is 33.2. The zero-order valence-electron chi connectivity index (χ0n) is 26.9. The lowest BCUT2D eigenvalue weighted by molar-refractivity contribution is -0.124. The zero-order chi connectivity index (χ0) is 31.9. The maximum absolute atomic E-state index is 13.8. The Kier molecular flexibility index (Phi) is 11.2. The molecule has 1 amide bonds. The molecule has 2 aromatic rings. The van der Waals surface area contributed by atoms with E-state index in [0.29, 0.717) is 29.9 Å². The highest BCUT2D eigenvalue weighted by molar-refractivity contribution is 7.89. The minimum atomic E-state index is -3.87. The van der Waals surface area contributed by atoms with Gasteiger partial charge in [0.15, 0.2) is 0 Å². The zero-order valence-corrected chi connectivity index (χ0v) is 27.8. The molecule has 44 heavy (non-hydrogen) atoms. The number of rotatable bonds is 14. The van der Waals surface area contributed by atoms with Gasteiger partial charge < -0.3 is 14.6 Å². The van der Waals surface area contributed by atoms with Gasteiger partial charge in [-0.2, -0.15) is 0 Å². The number of carbonyl (C=O) groups excluding carboxylic acids is 1. The number of hydrogen-bond donors (Lipinski definition) is 2. The third kappa shape index (κ3) is 7.16. The highest BCUT2D eigenvalue weighted by Crippen LogP contribution is 2.42. The summed E-state index contributed by atoms with van der Waals surface area (Å²) in [5, 5.41) is 4.79. The van der Waals surface area contributed by atoms with Crippen molar-refractivity contribution in [3.8, 4) is 22.5 Å². The number of benzene rings is 3. The summed E-state index contributed by atoms with van der Waals surface area (Å²) >= 11 is 0. The van der Waals surface area contributed by atoms with Crippen LogP contribution in [0.1, 0.15) is 54.4 Å². The van der Waals surface area contributed by atoms with Crippen LogP contribution in [0, 0.1) is 5.92 Å². The van der Waals surface area contributed by atoms with Crippen LogP contribution in [0.5, 0.6) is 0 Å². The van der Waals surface area contributed by atoms with Crippen molar-refractivity contribution < 1.29 is 17.6 Å². The van der Waals surface area contributed by atoms with Crippen molar-refractivity contribution in [3.05, 3.63) is 66.0 Å². The van der Waals surface area contributed by atoms with E-state index in [4.69, 9.17) is 4.42 Å². The Morgan fingerprint density at radius 1 is 0.909 bits per heavy atom. The molecule has 2 aliphatic rings. The Morgan fingerprint density at radius 2 is 1.64 bits per heavy atom. The first-order valence-corrected chi connectivity index (χ1v) is 17.4. The standard InChI is InChI=1S/C35H46N4O4S/c1-7-25(6)35(40)36-21-14-22-37-44(41,42)33-16-13-12-15-30(33)34-28-19-17-26(38(8-2)9-3)23-31(28)43-32-24-27(18-20-29(32)34)39(10-4)11-5/h12-13,15-20,23-25,37H,7-11,14,21-22H2,1-6H3/p+1. The van der Waals surface area contributed by atoms with Crippen LogP contribution in [0.4, 0.5) is 5.69 Å². The summed E-state index contributed by atoms with van der Waals surface area (Å²) in [5.74, 6) is 0.625. The van der Waals surface area contributed by atoms with E-state index in [1.807, 2.05) is 38.1 Å². The summed E-state index contributed by atoms with van der Waals surface area (Å²) in [6.45, 7) is 16.4. The highest BCUT2D eigenvalue weighted by atomic mass is 32.2. The molecule has 236 valence electrons. The van der Waals surface area contributed by atoms with Gasteiger partial charge in [-0.15, -0.1) is 0 Å². The Balaban J connectivity index is 1.82. The molecule has 1 aliphatic heterocycles. The molecule has 0 fully saturated rings. The highest BCUT2D eigenvalue weighted by Gasteiger charge is 2.25. The second-order valence-corrected chi connectivity index (χ2v) is 12.8. The first-order valence-electron chi connectivity index (χ1n) is 15.9. The predicted molar refractivity (Wildman–Crippen MR) is 180 cm³/mol. The number of hydrogen-bond acceptors (Lipinski definition) is 5. The van der Waals surface area contributed by atoms with E-state index in [1.165, 1.54) is 0 Å². The molecule has 2 aromatic carbocycles. The Bertz CT molecular complexity index is 1740. The minimum absolute atomic E-state index is 0.0118. The SMILES string of the molecule is CCC(C)C(=O)NCCCNS(=O)(=O)c1ccccc1-c1c2ccc(=[N+](CC)CC)cc-2oc2cc(N(CC)CC)ccc12. The molecule has 0 radical (unpaired) electrons. The Morgan fingerprint density at radius 3 is 2.32 bits per heavy atom. The smallest absolute Gasteiger partial charge is 0.241 e. The number of carbonyl (C=O) groups is 1. The third-order valence-corrected chi connectivity index (χ3v) is 9.92. The van der Waals surface area contributed by atoms with Gasteiger partial charge in [0.1, 0.15) is 24.4 Å². The van der Waals surface area contributed by atoms with Gasteiger partial charge in [-0.1, -0.05) is 32.0 Å². The van der Waals surface area contributed by atoms with Crippen LogP contribution < -0.4 is 24.9 Å². The van der Waals surface area contributed by atoms with Gasteiger partial charge in [-0.25, -0.2) is 17.7 Å². The molecule has 1 heterocycles. The van der Waals surface area contributed by atoms with Crippen molar-refractivity contribution in [2.75, 3.05) is 44.2 Å². The van der Waals surface area contributed by atoms with Crippen molar-refractivity contribution in [2.45, 2.75) is 59.3 Å². The first-order chi connectivity index (χ1) is 21.2. The van der Waals surface area contributed by atoms with E-state index in [0.717, 1.165) is 60.2 Å². The van der Waals surface area contributed by atoms with Gasteiger partial charge in [-0.3, -0.25) is 4.79 Å². The summed E-state index contributed by atoms with van der Waals surface area (Å²) in [4.78, 5) is 14.6. The minimum Gasteiger partial charge on any atom is -0.456 e. The lowest BCUT2D eigenvalue weighted by Gasteiger charge is -2.23. The van der Waals surface area contributed by atoms with Crippen LogP contribution in [0.2, 0.25) is 0 Å². The fourth-order valence-corrected chi connectivity index (χ4v) is 6.87. The maximum atomic E-state index is 13.8. The summed E-state index contributed by atoms with van der Waals surface area (Å²) in [6.07, 6.45) is 1.25. The second-order valence-electron chi connectivity index (χ2n) is 11.0. The number of nitrogens with one attached hydrogen (secondary N) is 2. The van der Waals surface area contributed by atoms with Crippen LogP contribution in [0.15, 0.2) is 70.0 Å². The number of anilines is 1. The van der Waals surface area contributed by atoms with Crippen LogP contribution in [-0.4, -0.2) is 53.6 Å². The van der Waals surface area contributed by atoms with Crippen LogP contribution in [0.3, 0.4) is 0 Å². The molecule has 1 atom stereocenters. The molecular weight excluding hydrogens is 572 g/mol. The molecule has 0 spiro atoms. The molecule has 0 aromatic heterocycles. The summed E-state index contributed by atoms with van der Waals surface area (Å²) < 4.78 is 39.1. The van der Waals surface area contributed by atoms with E-state index in [-0.39, 0.29) is 23.3 Å². The second kappa shape index (κ2) is 14.9. The molecular formula is C35H47N4O4S+. The van der Waals surface area contributed by atoms with Gasteiger partial charge in [0.2, 0.25) is 21.3 Å². The van der Waals surface area contributed by atoms with E-state index < -0.39 is 10.0 Å². The van der Waals surface area contributed by atoms with Crippen molar-refractivity contribution in [3.63, 3.8) is 0 Å².